The van der Waals surface area contributed by atoms with Crippen molar-refractivity contribution < 1.29 is 4.39 Å². The van der Waals surface area contributed by atoms with E-state index in [4.69, 9.17) is 23.2 Å². The number of aromatic amines is 1. The first-order chi connectivity index (χ1) is 12.1. The molecule has 4 aromatic rings. The van der Waals surface area contributed by atoms with Crippen LogP contribution in [0.1, 0.15) is 0 Å². The van der Waals surface area contributed by atoms with Gasteiger partial charge in [-0.25, -0.2) is 13.9 Å². The standard InChI is InChI=1S/C18H10Cl2FN3O/c19-12-5-2-1-4-10(12)15-8-16(25)24-18(23-15)11(9-22-24)17-13(20)6-3-7-14(17)21/h1-9,22H. The largest absolute Gasteiger partial charge is 0.296 e. The Morgan fingerprint density at radius 2 is 1.76 bits per heavy atom. The predicted molar refractivity (Wildman–Crippen MR) is 96.7 cm³/mol. The van der Waals surface area contributed by atoms with Crippen LogP contribution in [0.4, 0.5) is 4.39 Å². The van der Waals surface area contributed by atoms with Crippen molar-refractivity contribution in [1.29, 1.82) is 0 Å². The molecule has 0 spiro atoms. The van der Waals surface area contributed by atoms with E-state index in [-0.39, 0.29) is 21.8 Å². The molecular formula is C18H10Cl2FN3O. The zero-order valence-corrected chi connectivity index (χ0v) is 14.1. The van der Waals surface area contributed by atoms with E-state index in [9.17, 15) is 9.18 Å². The molecule has 124 valence electrons. The van der Waals surface area contributed by atoms with Crippen LogP contribution in [-0.2, 0) is 0 Å². The first-order valence-corrected chi connectivity index (χ1v) is 8.12. The second-order valence-corrected chi connectivity index (χ2v) is 6.22. The van der Waals surface area contributed by atoms with Crippen LogP contribution in [0.15, 0.2) is 59.5 Å². The molecule has 2 aromatic carbocycles. The van der Waals surface area contributed by atoms with Crippen molar-refractivity contribution in [3.8, 4) is 22.4 Å². The fraction of sp³-hybridized carbons (Fsp3) is 0. The molecule has 0 aliphatic rings. The van der Waals surface area contributed by atoms with E-state index in [1.165, 1.54) is 28.9 Å². The van der Waals surface area contributed by atoms with Crippen LogP contribution in [0.25, 0.3) is 28.0 Å². The summed E-state index contributed by atoms with van der Waals surface area (Å²) >= 11 is 12.4. The quantitative estimate of drug-likeness (QED) is 0.548. The van der Waals surface area contributed by atoms with Crippen LogP contribution in [0.2, 0.25) is 10.0 Å². The van der Waals surface area contributed by atoms with Gasteiger partial charge in [0.2, 0.25) is 0 Å². The average Bonchev–Trinajstić information content (AvgIpc) is 2.99. The Labute approximate surface area is 151 Å². The maximum absolute atomic E-state index is 14.3. The summed E-state index contributed by atoms with van der Waals surface area (Å²) in [7, 11) is 0. The lowest BCUT2D eigenvalue weighted by Gasteiger charge is -2.06. The topological polar surface area (TPSA) is 50.2 Å². The van der Waals surface area contributed by atoms with Gasteiger partial charge in [-0.05, 0) is 18.2 Å². The molecule has 4 rings (SSSR count). The summed E-state index contributed by atoms with van der Waals surface area (Å²) in [6.07, 6.45) is 1.50. The minimum absolute atomic E-state index is 0.186. The van der Waals surface area contributed by atoms with Crippen molar-refractivity contribution in [2.24, 2.45) is 0 Å². The number of halogens is 3. The molecule has 2 heterocycles. The smallest absolute Gasteiger partial charge is 0.273 e. The third-order valence-corrected chi connectivity index (χ3v) is 4.52. The fourth-order valence-corrected chi connectivity index (χ4v) is 3.22. The minimum Gasteiger partial charge on any atom is -0.296 e. The number of hydrogen-bond donors (Lipinski definition) is 1. The summed E-state index contributed by atoms with van der Waals surface area (Å²) in [4.78, 5) is 16.9. The Hall–Kier alpha value is -2.63. The number of nitrogens with zero attached hydrogens (tertiary/aromatic N) is 2. The predicted octanol–water partition coefficient (Wildman–Crippen LogP) is 4.80. The van der Waals surface area contributed by atoms with Gasteiger partial charge < -0.3 is 0 Å². The molecule has 0 aliphatic heterocycles. The second kappa shape index (κ2) is 6.02. The third kappa shape index (κ3) is 2.62. The Bertz CT molecular complexity index is 1150. The maximum atomic E-state index is 14.3. The van der Waals surface area contributed by atoms with Crippen LogP contribution in [0.5, 0.6) is 0 Å². The van der Waals surface area contributed by atoms with Crippen LogP contribution < -0.4 is 5.56 Å². The van der Waals surface area contributed by atoms with Gasteiger partial charge in [0.1, 0.15) is 5.82 Å². The molecule has 4 nitrogen and oxygen atoms in total. The highest BCUT2D eigenvalue weighted by molar-refractivity contribution is 6.33. The molecule has 0 fully saturated rings. The van der Waals surface area contributed by atoms with Crippen LogP contribution >= 0.6 is 23.2 Å². The summed E-state index contributed by atoms with van der Waals surface area (Å²) in [5.41, 5.74) is 1.55. The van der Waals surface area contributed by atoms with E-state index in [0.717, 1.165) is 0 Å². The molecule has 0 saturated carbocycles. The van der Waals surface area contributed by atoms with Crippen molar-refractivity contribution >= 4 is 28.8 Å². The average molecular weight is 374 g/mol. The Balaban J connectivity index is 2.04. The highest BCUT2D eigenvalue weighted by Crippen LogP contribution is 2.33. The number of fused-ring (bicyclic) bond motifs is 1. The number of benzene rings is 2. The molecule has 0 aliphatic carbocycles. The summed E-state index contributed by atoms with van der Waals surface area (Å²) < 4.78 is 15.5. The monoisotopic (exact) mass is 373 g/mol. The van der Waals surface area contributed by atoms with E-state index < -0.39 is 5.82 Å². The third-order valence-electron chi connectivity index (χ3n) is 3.88. The molecule has 1 N–H and O–H groups in total. The lowest BCUT2D eigenvalue weighted by Crippen LogP contribution is -2.14. The molecule has 0 amide bonds. The molecule has 7 heteroatoms. The van der Waals surface area contributed by atoms with Gasteiger partial charge in [0.25, 0.3) is 5.56 Å². The number of nitrogens with one attached hydrogen (secondary N) is 1. The normalized spacial score (nSPS) is 11.2. The number of aromatic nitrogens is 3. The van der Waals surface area contributed by atoms with Crippen LogP contribution in [-0.4, -0.2) is 14.6 Å². The van der Waals surface area contributed by atoms with Gasteiger partial charge in [-0.15, -0.1) is 0 Å². The molecule has 0 saturated heterocycles. The lowest BCUT2D eigenvalue weighted by molar-refractivity contribution is 0.631. The first-order valence-electron chi connectivity index (χ1n) is 7.37. The van der Waals surface area contributed by atoms with Gasteiger partial charge in [0.05, 0.1) is 10.7 Å². The molecule has 0 bridgehead atoms. The van der Waals surface area contributed by atoms with Crippen molar-refractivity contribution in [3.63, 3.8) is 0 Å². The molecule has 2 aromatic heterocycles. The summed E-state index contributed by atoms with van der Waals surface area (Å²) in [6.45, 7) is 0. The Kier molecular flexibility index (Phi) is 3.82. The van der Waals surface area contributed by atoms with E-state index in [0.29, 0.717) is 21.8 Å². The molecule has 0 unspecified atom stereocenters. The van der Waals surface area contributed by atoms with Gasteiger partial charge in [-0.1, -0.05) is 47.5 Å². The fourth-order valence-electron chi connectivity index (χ4n) is 2.73. The maximum Gasteiger partial charge on any atom is 0.273 e. The van der Waals surface area contributed by atoms with E-state index in [2.05, 4.69) is 10.1 Å². The lowest BCUT2D eigenvalue weighted by atomic mass is 10.1. The highest BCUT2D eigenvalue weighted by atomic mass is 35.5. The van der Waals surface area contributed by atoms with Crippen molar-refractivity contribution in [2.45, 2.75) is 0 Å². The zero-order valence-electron chi connectivity index (χ0n) is 12.6. The summed E-state index contributed by atoms with van der Waals surface area (Å²) in [5, 5.41) is 3.49. The SMILES string of the molecule is O=c1cc(-c2ccccc2Cl)nc2c(-c3c(F)cccc3Cl)c[nH]n12. The van der Waals surface area contributed by atoms with Gasteiger partial charge in [-0.2, -0.15) is 0 Å². The van der Waals surface area contributed by atoms with E-state index >= 15 is 0 Å². The van der Waals surface area contributed by atoms with Gasteiger partial charge in [0, 0.05) is 34.0 Å². The van der Waals surface area contributed by atoms with Gasteiger partial charge in [-0.3, -0.25) is 9.89 Å². The van der Waals surface area contributed by atoms with E-state index in [1.807, 2.05) is 0 Å². The summed E-state index contributed by atoms with van der Waals surface area (Å²) in [6, 6.07) is 12.9. The first kappa shape index (κ1) is 15.9. The number of rotatable bonds is 2. The second-order valence-electron chi connectivity index (χ2n) is 5.40. The van der Waals surface area contributed by atoms with Gasteiger partial charge in [0.15, 0.2) is 5.65 Å². The molecule has 0 radical (unpaired) electrons. The number of hydrogen-bond acceptors (Lipinski definition) is 2. The highest BCUT2D eigenvalue weighted by Gasteiger charge is 2.17. The Morgan fingerprint density at radius 3 is 2.52 bits per heavy atom. The van der Waals surface area contributed by atoms with Crippen molar-refractivity contribution in [3.05, 3.63) is 80.9 Å². The van der Waals surface area contributed by atoms with Crippen molar-refractivity contribution in [2.75, 3.05) is 0 Å². The molecule has 0 atom stereocenters. The molecular weight excluding hydrogens is 364 g/mol. The minimum atomic E-state index is -0.494. The zero-order chi connectivity index (χ0) is 17.6. The van der Waals surface area contributed by atoms with E-state index in [1.54, 1.807) is 30.3 Å². The summed E-state index contributed by atoms with van der Waals surface area (Å²) in [5.74, 6) is -0.494. The van der Waals surface area contributed by atoms with Crippen molar-refractivity contribution in [1.82, 2.24) is 14.6 Å². The van der Waals surface area contributed by atoms with Crippen LogP contribution in [0, 0.1) is 5.82 Å². The van der Waals surface area contributed by atoms with Gasteiger partial charge >= 0.3 is 0 Å². The molecule has 25 heavy (non-hydrogen) atoms. The number of H-pyrrole nitrogens is 1. The Morgan fingerprint density at radius 1 is 1.00 bits per heavy atom. The van der Waals surface area contributed by atoms with Crippen LogP contribution in [0.3, 0.4) is 0 Å².